The second-order valence-corrected chi connectivity index (χ2v) is 7.46. The Morgan fingerprint density at radius 3 is 2.50 bits per heavy atom. The fourth-order valence-corrected chi connectivity index (χ4v) is 3.39. The maximum Gasteiger partial charge on any atom is 0.330 e. The molecule has 1 heterocycles. The van der Waals surface area contributed by atoms with Gasteiger partial charge < -0.3 is 10.5 Å². The lowest BCUT2D eigenvalue weighted by Crippen LogP contribution is -2.47. The van der Waals surface area contributed by atoms with Crippen LogP contribution in [0.15, 0.2) is 9.59 Å². The summed E-state index contributed by atoms with van der Waals surface area (Å²) in [5.41, 5.74) is 4.85. The highest BCUT2D eigenvalue weighted by Gasteiger charge is 2.33. The molecule has 28 heavy (non-hydrogen) atoms. The Hall–Kier alpha value is -2.58. The number of esters is 1. The molecule has 9 nitrogen and oxygen atoms in total. The Morgan fingerprint density at radius 1 is 1.29 bits per heavy atom. The molecule has 0 radical (unpaired) electrons. The van der Waals surface area contributed by atoms with E-state index in [0.717, 1.165) is 32.1 Å². The summed E-state index contributed by atoms with van der Waals surface area (Å²) in [6.45, 7) is 5.20. The number of unbranched alkanes of at least 4 members (excludes halogenated alkanes) is 1. The molecule has 0 aliphatic heterocycles. The van der Waals surface area contributed by atoms with Crippen LogP contribution < -0.4 is 21.9 Å². The zero-order valence-electron chi connectivity index (χ0n) is 16.8. The molecule has 0 atom stereocenters. The molecule has 1 fully saturated rings. The average molecular weight is 394 g/mol. The first kappa shape index (κ1) is 21.7. The van der Waals surface area contributed by atoms with Crippen molar-refractivity contribution in [3.63, 3.8) is 0 Å². The zero-order valence-corrected chi connectivity index (χ0v) is 16.8. The number of amides is 1. The van der Waals surface area contributed by atoms with Crippen LogP contribution in [0.4, 0.5) is 11.5 Å². The fourth-order valence-electron chi connectivity index (χ4n) is 3.39. The second kappa shape index (κ2) is 9.57. The van der Waals surface area contributed by atoms with E-state index in [9.17, 15) is 19.2 Å². The zero-order chi connectivity index (χ0) is 20.8. The standard InChI is InChI=1S/C19H30N4O5/c1-4-5-10-22-16(20)15(17(25)21-19(22)27)23(13-8-6-7-9-13)14(24)11-28-18(26)12(2)3/h12-13H,4-11,20H2,1-3H3,(H,21,25,27). The van der Waals surface area contributed by atoms with E-state index in [1.165, 1.54) is 9.47 Å². The lowest BCUT2D eigenvalue weighted by molar-refractivity contribution is -0.151. The van der Waals surface area contributed by atoms with E-state index < -0.39 is 29.7 Å². The first-order valence-electron chi connectivity index (χ1n) is 9.89. The SMILES string of the molecule is CCCCn1c(N)c(N(C(=O)COC(=O)C(C)C)C2CCCC2)c(=O)[nH]c1=O. The molecule has 3 N–H and O–H groups in total. The Morgan fingerprint density at radius 2 is 1.93 bits per heavy atom. The number of nitrogens with one attached hydrogen (secondary N) is 1. The monoisotopic (exact) mass is 394 g/mol. The Balaban J connectivity index is 2.43. The van der Waals surface area contributed by atoms with Gasteiger partial charge in [-0.1, -0.05) is 40.0 Å². The van der Waals surface area contributed by atoms with E-state index in [1.54, 1.807) is 13.8 Å². The number of aromatic amines is 1. The fraction of sp³-hybridized carbons (Fsp3) is 0.684. The molecule has 1 aliphatic carbocycles. The van der Waals surface area contributed by atoms with Gasteiger partial charge in [-0.25, -0.2) is 4.79 Å². The molecule has 1 aliphatic rings. The number of rotatable bonds is 8. The van der Waals surface area contributed by atoms with Gasteiger partial charge in [0.15, 0.2) is 12.3 Å². The van der Waals surface area contributed by atoms with E-state index in [2.05, 4.69) is 4.98 Å². The molecule has 0 bridgehead atoms. The van der Waals surface area contributed by atoms with Gasteiger partial charge in [0.1, 0.15) is 5.82 Å². The van der Waals surface area contributed by atoms with Crippen molar-refractivity contribution in [3.8, 4) is 0 Å². The van der Waals surface area contributed by atoms with Gasteiger partial charge in [0.25, 0.3) is 11.5 Å². The van der Waals surface area contributed by atoms with Gasteiger partial charge in [-0.15, -0.1) is 0 Å². The van der Waals surface area contributed by atoms with Crippen LogP contribution >= 0.6 is 0 Å². The number of carbonyl (C=O) groups is 2. The minimum atomic E-state index is -0.703. The normalized spacial score (nSPS) is 14.4. The molecular formula is C19H30N4O5. The third kappa shape index (κ3) is 4.82. The van der Waals surface area contributed by atoms with Crippen molar-refractivity contribution in [1.82, 2.24) is 9.55 Å². The minimum absolute atomic E-state index is 0.0300. The number of hydrogen-bond donors (Lipinski definition) is 2. The molecule has 1 aromatic rings. The van der Waals surface area contributed by atoms with Crippen LogP contribution in [0, 0.1) is 5.92 Å². The van der Waals surface area contributed by atoms with Gasteiger partial charge in [0, 0.05) is 12.6 Å². The number of hydrogen-bond acceptors (Lipinski definition) is 6. The number of nitrogen functional groups attached to an aromatic ring is 1. The van der Waals surface area contributed by atoms with Crippen molar-refractivity contribution in [3.05, 3.63) is 20.8 Å². The molecule has 2 rings (SSSR count). The molecule has 1 aromatic heterocycles. The van der Waals surface area contributed by atoms with Crippen LogP contribution in [-0.2, 0) is 20.9 Å². The summed E-state index contributed by atoms with van der Waals surface area (Å²) in [7, 11) is 0. The minimum Gasteiger partial charge on any atom is -0.455 e. The second-order valence-electron chi connectivity index (χ2n) is 7.46. The van der Waals surface area contributed by atoms with E-state index >= 15 is 0 Å². The molecule has 1 saturated carbocycles. The Labute approximate surface area is 163 Å². The van der Waals surface area contributed by atoms with Gasteiger partial charge in [0.05, 0.1) is 5.92 Å². The predicted molar refractivity (Wildman–Crippen MR) is 106 cm³/mol. The molecule has 0 unspecified atom stereocenters. The van der Waals surface area contributed by atoms with Crippen LogP contribution in [0.2, 0.25) is 0 Å². The number of carbonyl (C=O) groups excluding carboxylic acids is 2. The highest BCUT2D eigenvalue weighted by molar-refractivity contribution is 5.97. The summed E-state index contributed by atoms with van der Waals surface area (Å²) < 4.78 is 6.36. The summed E-state index contributed by atoms with van der Waals surface area (Å²) in [6.07, 6.45) is 4.84. The highest BCUT2D eigenvalue weighted by Crippen LogP contribution is 2.29. The van der Waals surface area contributed by atoms with Gasteiger partial charge in [0.2, 0.25) is 0 Å². The number of aromatic nitrogens is 2. The molecule has 0 saturated heterocycles. The van der Waals surface area contributed by atoms with Gasteiger partial charge >= 0.3 is 11.7 Å². The van der Waals surface area contributed by atoms with Gasteiger partial charge in [-0.2, -0.15) is 0 Å². The van der Waals surface area contributed by atoms with Crippen molar-refractivity contribution < 1.29 is 14.3 Å². The number of ether oxygens (including phenoxy) is 1. The number of nitrogens with zero attached hydrogens (tertiary/aromatic N) is 2. The van der Waals surface area contributed by atoms with E-state index in [1.807, 2.05) is 6.92 Å². The third-order valence-corrected chi connectivity index (χ3v) is 4.96. The van der Waals surface area contributed by atoms with Crippen molar-refractivity contribution in [2.75, 3.05) is 17.2 Å². The smallest absolute Gasteiger partial charge is 0.330 e. The lowest BCUT2D eigenvalue weighted by Gasteiger charge is -2.29. The Bertz CT molecular complexity index is 821. The molecule has 156 valence electrons. The van der Waals surface area contributed by atoms with Crippen molar-refractivity contribution in [1.29, 1.82) is 0 Å². The summed E-state index contributed by atoms with van der Waals surface area (Å²) in [6, 6.07) is -0.217. The summed E-state index contributed by atoms with van der Waals surface area (Å²) in [5, 5.41) is 0. The first-order chi connectivity index (χ1) is 13.3. The molecule has 0 spiro atoms. The van der Waals surface area contributed by atoms with Crippen molar-refractivity contribution in [2.45, 2.75) is 71.9 Å². The molecule has 9 heteroatoms. The van der Waals surface area contributed by atoms with E-state index in [-0.39, 0.29) is 23.5 Å². The highest BCUT2D eigenvalue weighted by atomic mass is 16.5. The van der Waals surface area contributed by atoms with Crippen LogP contribution in [0.3, 0.4) is 0 Å². The van der Waals surface area contributed by atoms with E-state index in [0.29, 0.717) is 13.0 Å². The summed E-state index contributed by atoms with van der Waals surface area (Å²) >= 11 is 0. The molecular weight excluding hydrogens is 364 g/mol. The third-order valence-electron chi connectivity index (χ3n) is 4.96. The first-order valence-corrected chi connectivity index (χ1v) is 9.89. The predicted octanol–water partition coefficient (Wildman–Crippen LogP) is 1.39. The van der Waals surface area contributed by atoms with Gasteiger partial charge in [-0.05, 0) is 19.3 Å². The maximum absolute atomic E-state index is 12.9. The van der Waals surface area contributed by atoms with Gasteiger partial charge in [-0.3, -0.25) is 28.8 Å². The largest absolute Gasteiger partial charge is 0.455 e. The number of H-pyrrole nitrogens is 1. The lowest BCUT2D eigenvalue weighted by atomic mass is 10.2. The maximum atomic E-state index is 12.9. The van der Waals surface area contributed by atoms with E-state index in [4.69, 9.17) is 10.5 Å². The van der Waals surface area contributed by atoms with Crippen LogP contribution in [-0.4, -0.2) is 34.1 Å². The van der Waals surface area contributed by atoms with Crippen LogP contribution in [0.25, 0.3) is 0 Å². The van der Waals surface area contributed by atoms with Crippen LogP contribution in [0.1, 0.15) is 59.3 Å². The Kier molecular flexibility index (Phi) is 7.42. The quantitative estimate of drug-likeness (QED) is 0.642. The number of anilines is 2. The van der Waals surface area contributed by atoms with Crippen molar-refractivity contribution in [2.24, 2.45) is 5.92 Å². The summed E-state index contributed by atoms with van der Waals surface area (Å²) in [5.74, 6) is -1.40. The van der Waals surface area contributed by atoms with Crippen molar-refractivity contribution >= 4 is 23.4 Å². The number of nitrogens with two attached hydrogens (primary N) is 1. The average Bonchev–Trinajstić information content (AvgIpc) is 3.16. The molecule has 1 amide bonds. The topological polar surface area (TPSA) is 127 Å². The molecule has 0 aromatic carbocycles. The van der Waals surface area contributed by atoms with Crippen LogP contribution in [0.5, 0.6) is 0 Å². The summed E-state index contributed by atoms with van der Waals surface area (Å²) in [4.78, 5) is 53.0.